The monoisotopic (exact) mass is 398 g/mol. The van der Waals surface area contributed by atoms with Crippen LogP contribution >= 0.6 is 11.3 Å². The van der Waals surface area contributed by atoms with Gasteiger partial charge in [-0.3, -0.25) is 4.79 Å². The van der Waals surface area contributed by atoms with Gasteiger partial charge in [0.2, 0.25) is 5.13 Å². The number of allylic oxidation sites excluding steroid dienone is 1. The maximum absolute atomic E-state index is 13.5. The molecule has 1 saturated heterocycles. The van der Waals surface area contributed by atoms with Gasteiger partial charge in [0.15, 0.2) is 5.71 Å². The Bertz CT molecular complexity index is 912. The molecule has 6 nitrogen and oxygen atoms in total. The van der Waals surface area contributed by atoms with Crippen molar-refractivity contribution in [3.8, 4) is 0 Å². The molecule has 1 amide bonds. The van der Waals surface area contributed by atoms with E-state index < -0.39 is 17.8 Å². The van der Waals surface area contributed by atoms with Gasteiger partial charge in [-0.05, 0) is 31.9 Å². The number of aromatic nitrogens is 1. The Morgan fingerprint density at radius 3 is 2.48 bits per heavy atom. The zero-order chi connectivity index (χ0) is 18.5. The minimum Gasteiger partial charge on any atom is -0.412 e. The molecule has 3 heterocycles. The number of nitrogens with zero attached hydrogens (tertiary/aromatic N) is 4. The van der Waals surface area contributed by atoms with E-state index in [1.54, 1.807) is 25.1 Å². The van der Waals surface area contributed by atoms with Gasteiger partial charge in [0.05, 0.1) is 15.8 Å². The van der Waals surface area contributed by atoms with Crippen molar-refractivity contribution in [3.05, 3.63) is 35.5 Å². The summed E-state index contributed by atoms with van der Waals surface area (Å²) in [6, 6.07) is 7.14. The van der Waals surface area contributed by atoms with Gasteiger partial charge in [-0.25, -0.2) is 4.98 Å². The molecule has 0 spiro atoms. The lowest BCUT2D eigenvalue weighted by Gasteiger charge is -2.21. The number of benzene rings is 1. The van der Waals surface area contributed by atoms with Crippen LogP contribution in [0.25, 0.3) is 10.2 Å². The van der Waals surface area contributed by atoms with Crippen molar-refractivity contribution in [1.29, 1.82) is 0 Å². The third-order valence-electron chi connectivity index (χ3n) is 4.52. The molecule has 2 aromatic rings. The molecular formula is C17H17F3N4O2S. The highest BCUT2D eigenvalue weighted by atomic mass is 32.1. The van der Waals surface area contributed by atoms with Crippen LogP contribution in [-0.2, 0) is 4.79 Å². The first-order valence-electron chi connectivity index (χ1n) is 8.18. The molecule has 0 unspecified atom stereocenters. The molecule has 0 radical (unpaired) electrons. The quantitative estimate of drug-likeness (QED) is 0.729. The second-order valence-electron chi connectivity index (χ2n) is 6.18. The topological polar surface area (TPSA) is 80.3 Å². The van der Waals surface area contributed by atoms with Crippen LogP contribution in [0.4, 0.5) is 18.3 Å². The van der Waals surface area contributed by atoms with E-state index in [1.807, 2.05) is 11.0 Å². The molecule has 27 heavy (non-hydrogen) atoms. The molecule has 2 aliphatic rings. The fourth-order valence-electron chi connectivity index (χ4n) is 3.22. The molecular weight excluding hydrogens is 381 g/mol. The van der Waals surface area contributed by atoms with Crippen molar-refractivity contribution in [1.82, 2.24) is 9.88 Å². The molecule has 0 aliphatic carbocycles. The number of amides is 1. The van der Waals surface area contributed by atoms with Crippen molar-refractivity contribution in [2.75, 3.05) is 18.1 Å². The highest BCUT2D eigenvalue weighted by Gasteiger charge is 2.49. The number of hydrogen-bond donors (Lipinski definition) is 0. The summed E-state index contributed by atoms with van der Waals surface area (Å²) in [5.41, 5.74) is -0.574. The maximum Gasteiger partial charge on any atom is 0.436 e. The molecule has 1 aromatic heterocycles. The van der Waals surface area contributed by atoms with E-state index in [0.717, 1.165) is 33.9 Å². The molecule has 2 aliphatic heterocycles. The van der Waals surface area contributed by atoms with E-state index in [1.165, 1.54) is 0 Å². The van der Waals surface area contributed by atoms with Crippen molar-refractivity contribution in [3.63, 3.8) is 0 Å². The number of rotatable bonds is 2. The fraction of sp³-hybridized carbons (Fsp3) is 0.353. The number of para-hydroxylation sites is 1. The number of halogens is 3. The average molecular weight is 398 g/mol. The molecule has 1 fully saturated rings. The second-order valence-corrected chi connectivity index (χ2v) is 7.19. The number of likely N-dealkylation sites (tertiary alicyclic amines) is 1. The molecule has 10 heteroatoms. The van der Waals surface area contributed by atoms with E-state index in [9.17, 15) is 18.0 Å². The third-order valence-corrected chi connectivity index (χ3v) is 5.53. The van der Waals surface area contributed by atoms with Gasteiger partial charge in [0.25, 0.3) is 5.91 Å². The van der Waals surface area contributed by atoms with Crippen LogP contribution in [-0.4, -0.2) is 46.2 Å². The lowest BCUT2D eigenvalue weighted by molar-refractivity contribution is -0.114. The SMILES string of the molecule is C/C(=C1\C(=O)N(c2nc3ccccc3s2)N=C1C(F)(F)F)N1CCCC1.O. The number of hydrogen-bond acceptors (Lipinski definition) is 5. The Kier molecular flexibility index (Phi) is 4.96. The first kappa shape index (κ1) is 19.3. The number of thiazole rings is 1. The van der Waals surface area contributed by atoms with Crippen LogP contribution in [0.2, 0.25) is 0 Å². The molecule has 0 atom stereocenters. The minimum absolute atomic E-state index is 0. The Morgan fingerprint density at radius 1 is 1.19 bits per heavy atom. The molecule has 4 rings (SSSR count). The summed E-state index contributed by atoms with van der Waals surface area (Å²) >= 11 is 1.14. The van der Waals surface area contributed by atoms with Gasteiger partial charge >= 0.3 is 6.18 Å². The molecule has 144 valence electrons. The van der Waals surface area contributed by atoms with E-state index in [2.05, 4.69) is 10.1 Å². The Hall–Kier alpha value is -2.46. The number of hydrazone groups is 1. The summed E-state index contributed by atoms with van der Waals surface area (Å²) in [6.07, 6.45) is -2.91. The van der Waals surface area contributed by atoms with Crippen LogP contribution in [0, 0.1) is 0 Å². The summed E-state index contributed by atoms with van der Waals surface area (Å²) in [6.45, 7) is 2.85. The van der Waals surface area contributed by atoms with Crippen molar-refractivity contribution in [2.45, 2.75) is 25.9 Å². The predicted molar refractivity (Wildman–Crippen MR) is 97.7 cm³/mol. The third kappa shape index (κ3) is 3.30. The van der Waals surface area contributed by atoms with Crippen LogP contribution in [0.3, 0.4) is 0 Å². The highest BCUT2D eigenvalue weighted by molar-refractivity contribution is 7.22. The number of alkyl halides is 3. The van der Waals surface area contributed by atoms with Gasteiger partial charge in [-0.1, -0.05) is 23.5 Å². The average Bonchev–Trinajstić information content (AvgIpc) is 3.31. The van der Waals surface area contributed by atoms with E-state index in [0.29, 0.717) is 24.3 Å². The van der Waals surface area contributed by atoms with E-state index in [4.69, 9.17) is 0 Å². The Morgan fingerprint density at radius 2 is 1.85 bits per heavy atom. The summed E-state index contributed by atoms with van der Waals surface area (Å²) in [4.78, 5) is 18.9. The van der Waals surface area contributed by atoms with Crippen LogP contribution < -0.4 is 5.01 Å². The van der Waals surface area contributed by atoms with Gasteiger partial charge in [0, 0.05) is 18.8 Å². The van der Waals surface area contributed by atoms with Crippen molar-refractivity contribution >= 4 is 38.3 Å². The van der Waals surface area contributed by atoms with Gasteiger partial charge in [0.1, 0.15) is 0 Å². The number of carbonyl (C=O) groups is 1. The number of anilines is 1. The van der Waals surface area contributed by atoms with E-state index >= 15 is 0 Å². The van der Waals surface area contributed by atoms with Gasteiger partial charge in [-0.2, -0.15) is 23.3 Å². The lowest BCUT2D eigenvalue weighted by atomic mass is 10.1. The summed E-state index contributed by atoms with van der Waals surface area (Å²) in [7, 11) is 0. The summed E-state index contributed by atoms with van der Waals surface area (Å²) in [5.74, 6) is -0.777. The van der Waals surface area contributed by atoms with Gasteiger partial charge < -0.3 is 10.4 Å². The first-order chi connectivity index (χ1) is 12.4. The standard InChI is InChI=1S/C17H15F3N4OS.H2O/c1-10(23-8-4-5-9-23)13-14(17(18,19)20)22-24(15(13)25)16-21-11-6-2-3-7-12(11)26-16;/h2-3,6-7H,4-5,8-9H2,1H3;1H2/b13-10+;. The maximum atomic E-state index is 13.5. The number of fused-ring (bicyclic) bond motifs is 1. The Labute approximate surface area is 156 Å². The summed E-state index contributed by atoms with van der Waals surface area (Å²) < 4.78 is 41.4. The first-order valence-corrected chi connectivity index (χ1v) is 9.00. The fourth-order valence-corrected chi connectivity index (χ4v) is 4.13. The van der Waals surface area contributed by atoms with Crippen LogP contribution in [0.1, 0.15) is 19.8 Å². The molecule has 2 N–H and O–H groups in total. The van der Waals surface area contributed by atoms with Crippen LogP contribution in [0.15, 0.2) is 40.6 Å². The van der Waals surface area contributed by atoms with Crippen molar-refractivity contribution in [2.24, 2.45) is 5.10 Å². The van der Waals surface area contributed by atoms with E-state index in [-0.39, 0.29) is 16.2 Å². The van der Waals surface area contributed by atoms with Crippen LogP contribution in [0.5, 0.6) is 0 Å². The molecule has 1 aromatic carbocycles. The molecule has 0 bridgehead atoms. The molecule has 0 saturated carbocycles. The summed E-state index contributed by atoms with van der Waals surface area (Å²) in [5, 5.41) is 4.54. The van der Waals surface area contributed by atoms with Gasteiger partial charge in [-0.15, -0.1) is 0 Å². The lowest BCUT2D eigenvalue weighted by Crippen LogP contribution is -2.30. The predicted octanol–water partition coefficient (Wildman–Crippen LogP) is 3.11. The highest BCUT2D eigenvalue weighted by Crippen LogP contribution is 2.37. The smallest absolute Gasteiger partial charge is 0.412 e. The number of carbonyl (C=O) groups excluding carboxylic acids is 1. The Balaban J connectivity index is 0.00000210. The zero-order valence-electron chi connectivity index (χ0n) is 14.4. The second kappa shape index (κ2) is 6.93. The zero-order valence-corrected chi connectivity index (χ0v) is 15.2. The van der Waals surface area contributed by atoms with Crippen molar-refractivity contribution < 1.29 is 23.4 Å². The largest absolute Gasteiger partial charge is 0.436 e. The minimum atomic E-state index is -4.71. The normalized spacial score (nSPS) is 19.6.